The lowest BCUT2D eigenvalue weighted by molar-refractivity contribution is -0.141. The van der Waals surface area contributed by atoms with Crippen molar-refractivity contribution in [3.63, 3.8) is 0 Å². The minimum absolute atomic E-state index is 0.162. The minimum Gasteiger partial charge on any atom is -0.457 e. The highest BCUT2D eigenvalue weighted by molar-refractivity contribution is 9.10. The number of hydrogen-bond donors (Lipinski definition) is 0. The Bertz CT molecular complexity index is 591. The van der Waals surface area contributed by atoms with E-state index in [1.807, 2.05) is 30.3 Å². The second kappa shape index (κ2) is 7.01. The molecule has 102 valence electrons. The fourth-order valence-corrected chi connectivity index (χ4v) is 1.94. The standard InChI is InChI=1S/C16H13BrO3/c17-14-8-6-12(7-9-14)10-16(19)20-11-15(18)13-4-2-1-3-5-13/h1-9H,10-11H2. The Labute approximate surface area is 125 Å². The number of carbonyl (C=O) groups is 2. The summed E-state index contributed by atoms with van der Waals surface area (Å²) in [6.45, 7) is -0.223. The van der Waals surface area contributed by atoms with Gasteiger partial charge in [-0.3, -0.25) is 9.59 Å². The maximum absolute atomic E-state index is 11.8. The van der Waals surface area contributed by atoms with Crippen LogP contribution in [0.2, 0.25) is 0 Å². The Morgan fingerprint density at radius 3 is 2.25 bits per heavy atom. The monoisotopic (exact) mass is 332 g/mol. The SMILES string of the molecule is O=C(Cc1ccc(Br)cc1)OCC(=O)c1ccccc1. The lowest BCUT2D eigenvalue weighted by atomic mass is 10.1. The maximum atomic E-state index is 11.8. The smallest absolute Gasteiger partial charge is 0.310 e. The number of hydrogen-bond acceptors (Lipinski definition) is 3. The number of ether oxygens (including phenoxy) is 1. The highest BCUT2D eigenvalue weighted by Gasteiger charge is 2.10. The number of ketones is 1. The summed E-state index contributed by atoms with van der Waals surface area (Å²) in [4.78, 5) is 23.4. The molecule has 0 fully saturated rings. The lowest BCUT2D eigenvalue weighted by Crippen LogP contribution is -2.15. The molecule has 0 spiro atoms. The Hall–Kier alpha value is -1.94. The van der Waals surface area contributed by atoms with Gasteiger partial charge in [0.05, 0.1) is 6.42 Å². The van der Waals surface area contributed by atoms with Gasteiger partial charge in [-0.25, -0.2) is 0 Å². The van der Waals surface area contributed by atoms with Gasteiger partial charge in [0.15, 0.2) is 12.4 Å². The van der Waals surface area contributed by atoms with E-state index in [0.717, 1.165) is 10.0 Å². The fraction of sp³-hybridized carbons (Fsp3) is 0.125. The van der Waals surface area contributed by atoms with Crippen molar-refractivity contribution in [1.82, 2.24) is 0 Å². The zero-order valence-electron chi connectivity index (χ0n) is 10.7. The molecule has 2 rings (SSSR count). The molecule has 4 heteroatoms. The molecule has 0 heterocycles. The Morgan fingerprint density at radius 1 is 0.950 bits per heavy atom. The highest BCUT2D eigenvalue weighted by atomic mass is 79.9. The van der Waals surface area contributed by atoms with Crippen LogP contribution in [0.25, 0.3) is 0 Å². The van der Waals surface area contributed by atoms with Crippen molar-refractivity contribution in [2.75, 3.05) is 6.61 Å². The van der Waals surface area contributed by atoms with E-state index in [1.165, 1.54) is 0 Å². The quantitative estimate of drug-likeness (QED) is 0.622. The Morgan fingerprint density at radius 2 is 1.60 bits per heavy atom. The zero-order chi connectivity index (χ0) is 14.4. The number of benzene rings is 2. The first-order chi connectivity index (χ1) is 9.65. The summed E-state index contributed by atoms with van der Waals surface area (Å²) in [6.07, 6.45) is 0.162. The van der Waals surface area contributed by atoms with Crippen molar-refractivity contribution in [3.8, 4) is 0 Å². The number of rotatable bonds is 5. The van der Waals surface area contributed by atoms with Crippen LogP contribution in [0.5, 0.6) is 0 Å². The molecule has 0 aliphatic heterocycles. The average molecular weight is 333 g/mol. The lowest BCUT2D eigenvalue weighted by Gasteiger charge is -2.04. The maximum Gasteiger partial charge on any atom is 0.310 e. The van der Waals surface area contributed by atoms with Crippen molar-refractivity contribution < 1.29 is 14.3 Å². The van der Waals surface area contributed by atoms with Gasteiger partial charge in [0.1, 0.15) is 0 Å². The highest BCUT2D eigenvalue weighted by Crippen LogP contribution is 2.11. The van der Waals surface area contributed by atoms with Crippen molar-refractivity contribution in [1.29, 1.82) is 0 Å². The van der Waals surface area contributed by atoms with Gasteiger partial charge in [-0.05, 0) is 17.7 Å². The van der Waals surface area contributed by atoms with E-state index in [9.17, 15) is 9.59 Å². The molecular formula is C16H13BrO3. The van der Waals surface area contributed by atoms with Gasteiger partial charge in [-0.2, -0.15) is 0 Å². The summed E-state index contributed by atoms with van der Waals surface area (Å²) in [6, 6.07) is 16.2. The third kappa shape index (κ3) is 4.31. The molecule has 0 unspecified atom stereocenters. The van der Waals surface area contributed by atoms with Gasteiger partial charge in [0.2, 0.25) is 0 Å². The van der Waals surface area contributed by atoms with Crippen LogP contribution < -0.4 is 0 Å². The van der Waals surface area contributed by atoms with Gasteiger partial charge in [0.25, 0.3) is 0 Å². The Balaban J connectivity index is 1.83. The minimum atomic E-state index is -0.406. The summed E-state index contributed by atoms with van der Waals surface area (Å²) >= 11 is 3.33. The molecule has 2 aromatic rings. The number of esters is 1. The molecule has 0 aromatic heterocycles. The summed E-state index contributed by atoms with van der Waals surface area (Å²) in [5.74, 6) is -0.605. The van der Waals surface area contributed by atoms with Crippen LogP contribution in [-0.4, -0.2) is 18.4 Å². The first-order valence-corrected chi connectivity index (χ1v) is 6.93. The van der Waals surface area contributed by atoms with E-state index >= 15 is 0 Å². The predicted molar refractivity (Wildman–Crippen MR) is 79.6 cm³/mol. The van der Waals surface area contributed by atoms with Gasteiger partial charge < -0.3 is 4.74 Å². The van der Waals surface area contributed by atoms with E-state index < -0.39 is 5.97 Å². The average Bonchev–Trinajstić information content (AvgIpc) is 2.48. The second-order valence-electron chi connectivity index (χ2n) is 4.25. The number of halogens is 1. The normalized spacial score (nSPS) is 10.1. The van der Waals surface area contributed by atoms with E-state index in [-0.39, 0.29) is 18.8 Å². The van der Waals surface area contributed by atoms with Crippen LogP contribution >= 0.6 is 15.9 Å². The van der Waals surface area contributed by atoms with Crippen LogP contribution in [0.15, 0.2) is 59.1 Å². The summed E-state index contributed by atoms with van der Waals surface area (Å²) < 4.78 is 5.94. The van der Waals surface area contributed by atoms with Crippen molar-refractivity contribution in [2.24, 2.45) is 0 Å². The summed E-state index contributed by atoms with van der Waals surface area (Å²) in [5.41, 5.74) is 1.40. The number of Topliss-reactive ketones (excluding diaryl/α,β-unsaturated/α-hetero) is 1. The van der Waals surface area contributed by atoms with E-state index in [0.29, 0.717) is 5.56 Å². The number of carbonyl (C=O) groups excluding carboxylic acids is 2. The molecule has 0 amide bonds. The molecule has 0 aliphatic rings. The van der Waals surface area contributed by atoms with E-state index in [4.69, 9.17) is 4.74 Å². The summed E-state index contributed by atoms with van der Waals surface area (Å²) in [5, 5.41) is 0. The summed E-state index contributed by atoms with van der Waals surface area (Å²) in [7, 11) is 0. The molecule has 2 aromatic carbocycles. The van der Waals surface area contributed by atoms with Crippen LogP contribution in [0.1, 0.15) is 15.9 Å². The third-order valence-corrected chi connectivity index (χ3v) is 3.25. The second-order valence-corrected chi connectivity index (χ2v) is 5.17. The molecule has 0 saturated heterocycles. The van der Waals surface area contributed by atoms with Crippen LogP contribution in [-0.2, 0) is 16.0 Å². The van der Waals surface area contributed by atoms with Crippen molar-refractivity contribution in [2.45, 2.75) is 6.42 Å². The van der Waals surface area contributed by atoms with Crippen molar-refractivity contribution in [3.05, 3.63) is 70.2 Å². The first-order valence-electron chi connectivity index (χ1n) is 6.13. The van der Waals surface area contributed by atoms with Crippen molar-refractivity contribution >= 4 is 27.7 Å². The molecule has 0 atom stereocenters. The molecule has 0 N–H and O–H groups in total. The molecule has 0 bridgehead atoms. The van der Waals surface area contributed by atoms with E-state index in [2.05, 4.69) is 15.9 Å². The first kappa shape index (κ1) is 14.5. The molecule has 3 nitrogen and oxygen atoms in total. The third-order valence-electron chi connectivity index (χ3n) is 2.72. The van der Waals surface area contributed by atoms with E-state index in [1.54, 1.807) is 24.3 Å². The van der Waals surface area contributed by atoms with Crippen LogP contribution in [0.3, 0.4) is 0 Å². The molecule has 0 aliphatic carbocycles. The van der Waals surface area contributed by atoms with Gasteiger partial charge >= 0.3 is 5.97 Å². The molecule has 0 saturated carbocycles. The van der Waals surface area contributed by atoms with Gasteiger partial charge in [-0.1, -0.05) is 58.4 Å². The fourth-order valence-electron chi connectivity index (χ4n) is 1.67. The Kier molecular flexibility index (Phi) is 5.07. The topological polar surface area (TPSA) is 43.4 Å². The zero-order valence-corrected chi connectivity index (χ0v) is 12.3. The molecule has 0 radical (unpaired) electrons. The van der Waals surface area contributed by atoms with Crippen LogP contribution in [0, 0.1) is 0 Å². The van der Waals surface area contributed by atoms with Gasteiger partial charge in [0, 0.05) is 10.0 Å². The predicted octanol–water partition coefficient (Wildman–Crippen LogP) is 3.42. The van der Waals surface area contributed by atoms with Gasteiger partial charge in [-0.15, -0.1) is 0 Å². The largest absolute Gasteiger partial charge is 0.457 e. The van der Waals surface area contributed by atoms with Crippen LogP contribution in [0.4, 0.5) is 0 Å². The molecule has 20 heavy (non-hydrogen) atoms. The molecular weight excluding hydrogens is 320 g/mol.